The predicted octanol–water partition coefficient (Wildman–Crippen LogP) is 4.64. The van der Waals surface area contributed by atoms with Crippen LogP contribution in [-0.2, 0) is 0 Å². The van der Waals surface area contributed by atoms with Crippen LogP contribution in [0.1, 0.15) is 23.6 Å². The van der Waals surface area contributed by atoms with Gasteiger partial charge >= 0.3 is 0 Å². The van der Waals surface area contributed by atoms with Crippen molar-refractivity contribution in [1.82, 2.24) is 5.32 Å². The van der Waals surface area contributed by atoms with Crippen molar-refractivity contribution in [3.63, 3.8) is 0 Å². The molecule has 0 amide bonds. The molecule has 1 aliphatic heterocycles. The molecule has 1 N–H and O–H groups in total. The molecule has 0 fully saturated rings. The van der Waals surface area contributed by atoms with E-state index in [1.54, 1.807) is 17.4 Å². The van der Waals surface area contributed by atoms with Crippen LogP contribution in [0.15, 0.2) is 28.6 Å². The molecule has 0 atom stereocenters. The van der Waals surface area contributed by atoms with Crippen LogP contribution in [0.25, 0.3) is 5.57 Å². The second-order valence-corrected chi connectivity index (χ2v) is 5.20. The minimum Gasteiger partial charge on any atom is -0.384 e. The first kappa shape index (κ1) is 13.5. The molecular formula is C12H15BrFNS. The molecule has 2 heterocycles. The van der Waals surface area contributed by atoms with E-state index in [1.807, 2.05) is 33.0 Å². The van der Waals surface area contributed by atoms with Gasteiger partial charge in [0.25, 0.3) is 0 Å². The quantitative estimate of drug-likeness (QED) is 0.797. The summed E-state index contributed by atoms with van der Waals surface area (Å²) in [6.45, 7) is 6.34. The Labute approximate surface area is 108 Å². The molecule has 4 heteroatoms. The molecule has 0 aromatic carbocycles. The van der Waals surface area contributed by atoms with E-state index in [4.69, 9.17) is 0 Å². The van der Waals surface area contributed by atoms with Crippen molar-refractivity contribution >= 4 is 32.8 Å². The lowest BCUT2D eigenvalue weighted by molar-refractivity contribution is 0.596. The predicted molar refractivity (Wildman–Crippen MR) is 73.3 cm³/mol. The van der Waals surface area contributed by atoms with Gasteiger partial charge in [-0.2, -0.15) is 0 Å². The van der Waals surface area contributed by atoms with Crippen LogP contribution in [0.3, 0.4) is 0 Å². The van der Waals surface area contributed by atoms with Gasteiger partial charge in [-0.25, -0.2) is 4.39 Å². The largest absolute Gasteiger partial charge is 0.384 e. The van der Waals surface area contributed by atoms with Gasteiger partial charge in [0, 0.05) is 26.0 Å². The second-order valence-electron chi connectivity index (χ2n) is 3.09. The van der Waals surface area contributed by atoms with E-state index in [-0.39, 0.29) is 5.83 Å². The third-order valence-corrected chi connectivity index (χ3v) is 4.17. The Hall–Kier alpha value is -0.610. The normalized spacial score (nSPS) is 14.3. The maximum atomic E-state index is 13.0. The molecule has 2 rings (SSSR count). The Kier molecular flexibility index (Phi) is 5.22. The average molecular weight is 304 g/mol. The van der Waals surface area contributed by atoms with Crippen molar-refractivity contribution in [2.75, 3.05) is 6.54 Å². The van der Waals surface area contributed by atoms with Crippen molar-refractivity contribution in [2.45, 2.75) is 20.8 Å². The van der Waals surface area contributed by atoms with Gasteiger partial charge in [0.15, 0.2) is 0 Å². The van der Waals surface area contributed by atoms with Crippen LogP contribution in [0.2, 0.25) is 0 Å². The molecule has 1 aromatic heterocycles. The lowest BCUT2D eigenvalue weighted by Crippen LogP contribution is -2.11. The molecule has 0 unspecified atom stereocenters. The molecule has 0 saturated carbocycles. The summed E-state index contributed by atoms with van der Waals surface area (Å²) < 4.78 is 14.1. The number of nitrogens with one attached hydrogen (secondary N) is 1. The lowest BCUT2D eigenvalue weighted by Gasteiger charge is -2.08. The van der Waals surface area contributed by atoms with Gasteiger partial charge < -0.3 is 5.32 Å². The van der Waals surface area contributed by atoms with E-state index in [0.29, 0.717) is 6.54 Å². The number of halogens is 2. The van der Waals surface area contributed by atoms with E-state index in [2.05, 4.69) is 21.2 Å². The molecule has 0 aliphatic carbocycles. The van der Waals surface area contributed by atoms with E-state index in [1.165, 1.54) is 4.88 Å². The molecule has 0 radical (unpaired) electrons. The Balaban J connectivity index is 0.000000606. The summed E-state index contributed by atoms with van der Waals surface area (Å²) in [5, 5.41) is 2.90. The molecule has 1 aliphatic rings. The van der Waals surface area contributed by atoms with E-state index in [9.17, 15) is 4.39 Å². The lowest BCUT2D eigenvalue weighted by atomic mass is 10.2. The first-order valence-corrected chi connectivity index (χ1v) is 6.83. The van der Waals surface area contributed by atoms with Crippen LogP contribution in [0.5, 0.6) is 0 Å². The number of aryl methyl sites for hydroxylation is 1. The summed E-state index contributed by atoms with van der Waals surface area (Å²) in [4.78, 5) is 2.29. The molecule has 16 heavy (non-hydrogen) atoms. The third kappa shape index (κ3) is 3.19. The number of hydrogen-bond donors (Lipinski definition) is 1. The molecule has 1 aromatic rings. The van der Waals surface area contributed by atoms with Crippen molar-refractivity contribution < 1.29 is 4.39 Å². The number of thiophene rings is 1. The highest BCUT2D eigenvalue weighted by Gasteiger charge is 2.10. The minimum absolute atomic E-state index is 0.121. The first-order chi connectivity index (χ1) is 7.66. The highest BCUT2D eigenvalue weighted by molar-refractivity contribution is 9.10. The maximum absolute atomic E-state index is 13.0. The monoisotopic (exact) mass is 303 g/mol. The molecule has 0 spiro atoms. The van der Waals surface area contributed by atoms with Crippen molar-refractivity contribution in [1.29, 1.82) is 0 Å². The highest BCUT2D eigenvalue weighted by atomic mass is 79.9. The van der Waals surface area contributed by atoms with Crippen LogP contribution >= 0.6 is 27.3 Å². The zero-order valence-corrected chi connectivity index (χ0v) is 12.0. The number of allylic oxidation sites excluding steroid dienone is 2. The van der Waals surface area contributed by atoms with Gasteiger partial charge in [-0.3, -0.25) is 0 Å². The fourth-order valence-corrected chi connectivity index (χ4v) is 2.79. The summed E-state index contributed by atoms with van der Waals surface area (Å²) in [6.07, 6.45) is 3.43. The Morgan fingerprint density at radius 2 is 2.12 bits per heavy atom. The number of hydrogen-bond acceptors (Lipinski definition) is 2. The maximum Gasteiger partial charge on any atom is 0.120 e. The van der Waals surface area contributed by atoms with Crippen LogP contribution < -0.4 is 5.32 Å². The van der Waals surface area contributed by atoms with Crippen LogP contribution in [-0.4, -0.2) is 6.54 Å². The highest BCUT2D eigenvalue weighted by Crippen LogP contribution is 2.32. The molecular weight excluding hydrogens is 289 g/mol. The molecule has 0 bridgehead atoms. The Bertz CT molecular complexity index is 401. The topological polar surface area (TPSA) is 12.0 Å². The van der Waals surface area contributed by atoms with Crippen LogP contribution in [0.4, 0.5) is 4.39 Å². The fourth-order valence-electron chi connectivity index (χ4n) is 1.26. The summed E-state index contributed by atoms with van der Waals surface area (Å²) in [7, 11) is 0. The third-order valence-electron chi connectivity index (χ3n) is 1.98. The van der Waals surface area contributed by atoms with Gasteiger partial charge in [0.05, 0.1) is 6.54 Å². The van der Waals surface area contributed by atoms with E-state index < -0.39 is 0 Å². The van der Waals surface area contributed by atoms with Gasteiger partial charge in [0.2, 0.25) is 0 Å². The summed E-state index contributed by atoms with van der Waals surface area (Å²) in [6, 6.07) is 2.02. The van der Waals surface area contributed by atoms with Gasteiger partial charge in [-0.15, -0.1) is 11.3 Å². The van der Waals surface area contributed by atoms with Gasteiger partial charge in [-0.1, -0.05) is 13.8 Å². The first-order valence-electron chi connectivity index (χ1n) is 5.23. The summed E-state index contributed by atoms with van der Waals surface area (Å²) >= 11 is 5.10. The van der Waals surface area contributed by atoms with Gasteiger partial charge in [-0.05, 0) is 35.0 Å². The second kappa shape index (κ2) is 6.21. The van der Waals surface area contributed by atoms with Crippen molar-refractivity contribution in [2.24, 2.45) is 0 Å². The zero-order chi connectivity index (χ0) is 12.1. The smallest absolute Gasteiger partial charge is 0.120 e. The standard InChI is InChI=1S/C10H9BrFNS.C2H6/c1-6-9(11)3-10(14-6)7-2-8(12)5-13-4-7;1-2/h2-4,13H,5H2,1H3;1-2H3. The SMILES string of the molecule is CC.Cc1sc(C2=CNCC(F)=C2)cc1Br. The number of rotatable bonds is 1. The molecule has 88 valence electrons. The Morgan fingerprint density at radius 3 is 2.62 bits per heavy atom. The number of dihydropyridines is 1. The Morgan fingerprint density at radius 1 is 1.44 bits per heavy atom. The van der Waals surface area contributed by atoms with Gasteiger partial charge in [0.1, 0.15) is 5.83 Å². The molecule has 1 nitrogen and oxygen atoms in total. The molecule has 0 saturated heterocycles. The van der Waals surface area contributed by atoms with Crippen LogP contribution in [0, 0.1) is 6.92 Å². The van der Waals surface area contributed by atoms with Crippen molar-refractivity contribution in [3.05, 3.63) is 38.4 Å². The summed E-state index contributed by atoms with van der Waals surface area (Å²) in [5.41, 5.74) is 0.910. The average Bonchev–Trinajstić information content (AvgIpc) is 2.62. The van der Waals surface area contributed by atoms with Crippen molar-refractivity contribution in [3.8, 4) is 0 Å². The fraction of sp³-hybridized carbons (Fsp3) is 0.333. The minimum atomic E-state index is -0.121. The van der Waals surface area contributed by atoms with E-state index >= 15 is 0 Å². The van der Waals surface area contributed by atoms with E-state index in [0.717, 1.165) is 14.9 Å². The summed E-state index contributed by atoms with van der Waals surface area (Å²) in [5.74, 6) is -0.121. The zero-order valence-electron chi connectivity index (χ0n) is 9.60.